The van der Waals surface area contributed by atoms with Crippen LogP contribution in [-0.2, 0) is 0 Å². The summed E-state index contributed by atoms with van der Waals surface area (Å²) in [6, 6.07) is 0.326. The molecule has 1 aliphatic rings. The molecule has 4 heteroatoms. The molecule has 4 N–H and O–H groups in total. The Hall–Kier alpha value is -0.160. The normalized spacial score (nSPS) is 25.7. The second-order valence-electron chi connectivity index (χ2n) is 5.12. The predicted molar refractivity (Wildman–Crippen MR) is 59.7 cm³/mol. The van der Waals surface area contributed by atoms with Crippen molar-refractivity contribution < 1.29 is 0 Å². The molecule has 1 saturated heterocycles. The Morgan fingerprint density at radius 1 is 1.50 bits per heavy atom. The van der Waals surface area contributed by atoms with Crippen LogP contribution in [0.3, 0.4) is 0 Å². The lowest BCUT2D eigenvalue weighted by molar-refractivity contribution is -0.0332. The van der Waals surface area contributed by atoms with Crippen molar-refractivity contribution in [3.05, 3.63) is 0 Å². The van der Waals surface area contributed by atoms with Crippen molar-refractivity contribution in [3.8, 4) is 0 Å². The van der Waals surface area contributed by atoms with Crippen LogP contribution in [0.5, 0.6) is 0 Å². The molecule has 0 spiro atoms. The zero-order valence-electron chi connectivity index (χ0n) is 9.66. The summed E-state index contributed by atoms with van der Waals surface area (Å²) in [5.41, 5.74) is 11.8. The third-order valence-electron chi connectivity index (χ3n) is 2.56. The molecule has 0 bridgehead atoms. The van der Waals surface area contributed by atoms with Gasteiger partial charge in [0.25, 0.3) is 0 Å². The van der Waals surface area contributed by atoms with Crippen LogP contribution in [-0.4, -0.2) is 48.3 Å². The van der Waals surface area contributed by atoms with Gasteiger partial charge >= 0.3 is 0 Å². The first kappa shape index (κ1) is 11.9. The molecule has 0 radical (unpaired) electrons. The number of hydrazine groups is 1. The number of hydrogen-bond donors (Lipinski definition) is 2. The second kappa shape index (κ2) is 4.57. The highest BCUT2D eigenvalue weighted by atomic mass is 15.6. The molecule has 1 heterocycles. The Kier molecular flexibility index (Phi) is 3.89. The van der Waals surface area contributed by atoms with E-state index in [9.17, 15) is 0 Å². The Balaban J connectivity index is 2.39. The average molecular weight is 200 g/mol. The fourth-order valence-corrected chi connectivity index (χ4v) is 1.99. The highest BCUT2D eigenvalue weighted by Gasteiger charge is 2.23. The van der Waals surface area contributed by atoms with E-state index in [0.717, 1.165) is 26.1 Å². The molecule has 0 aromatic rings. The van der Waals surface area contributed by atoms with Gasteiger partial charge in [0.1, 0.15) is 0 Å². The minimum absolute atomic E-state index is 0.143. The number of rotatable bonds is 3. The van der Waals surface area contributed by atoms with Gasteiger partial charge in [0.2, 0.25) is 0 Å². The van der Waals surface area contributed by atoms with E-state index in [2.05, 4.69) is 17.1 Å². The third kappa shape index (κ3) is 3.92. The third-order valence-corrected chi connectivity index (χ3v) is 2.56. The zero-order valence-corrected chi connectivity index (χ0v) is 9.66. The van der Waals surface area contributed by atoms with E-state index in [1.165, 1.54) is 6.42 Å². The predicted octanol–water partition coefficient (Wildman–Crippen LogP) is -0.00640. The Morgan fingerprint density at radius 3 is 2.64 bits per heavy atom. The molecular formula is C10H24N4. The zero-order chi connectivity index (χ0) is 10.8. The van der Waals surface area contributed by atoms with Crippen LogP contribution < -0.4 is 11.5 Å². The molecular weight excluding hydrogens is 176 g/mol. The van der Waals surface area contributed by atoms with Crippen molar-refractivity contribution in [3.63, 3.8) is 0 Å². The lowest BCUT2D eigenvalue weighted by Crippen LogP contribution is -2.55. The monoisotopic (exact) mass is 200 g/mol. The van der Waals surface area contributed by atoms with Crippen molar-refractivity contribution in [2.24, 2.45) is 11.5 Å². The Labute approximate surface area is 87.2 Å². The SMILES string of the molecule is CN(CC(C)(C)N)N1CCCC(N)C1. The highest BCUT2D eigenvalue weighted by molar-refractivity contribution is 4.78. The summed E-state index contributed by atoms with van der Waals surface area (Å²) >= 11 is 0. The van der Waals surface area contributed by atoms with Crippen molar-refractivity contribution in [2.75, 3.05) is 26.7 Å². The molecule has 1 aliphatic heterocycles. The van der Waals surface area contributed by atoms with Crippen molar-refractivity contribution >= 4 is 0 Å². The lowest BCUT2D eigenvalue weighted by Gasteiger charge is -2.40. The van der Waals surface area contributed by atoms with Gasteiger partial charge in [0, 0.05) is 38.3 Å². The van der Waals surface area contributed by atoms with E-state index < -0.39 is 0 Å². The first-order valence-corrected chi connectivity index (χ1v) is 5.39. The maximum Gasteiger partial charge on any atom is 0.0305 e. The number of nitrogens with two attached hydrogens (primary N) is 2. The molecule has 0 aliphatic carbocycles. The summed E-state index contributed by atoms with van der Waals surface area (Å²) < 4.78 is 0. The van der Waals surface area contributed by atoms with Gasteiger partial charge in [-0.1, -0.05) is 0 Å². The fraction of sp³-hybridized carbons (Fsp3) is 1.00. The summed E-state index contributed by atoms with van der Waals surface area (Å²) in [5, 5.41) is 4.52. The van der Waals surface area contributed by atoms with E-state index in [-0.39, 0.29) is 5.54 Å². The van der Waals surface area contributed by atoms with Gasteiger partial charge in [-0.05, 0) is 26.7 Å². The second-order valence-corrected chi connectivity index (χ2v) is 5.12. The molecule has 0 aromatic carbocycles. The molecule has 1 unspecified atom stereocenters. The molecule has 0 saturated carbocycles. The summed E-state index contributed by atoms with van der Waals surface area (Å²) in [6.07, 6.45) is 2.34. The number of nitrogens with zero attached hydrogens (tertiary/aromatic N) is 2. The number of hydrogen-bond acceptors (Lipinski definition) is 4. The molecule has 0 aromatic heterocycles. The summed E-state index contributed by atoms with van der Waals surface area (Å²) in [7, 11) is 2.09. The Morgan fingerprint density at radius 2 is 2.14 bits per heavy atom. The average Bonchev–Trinajstić information content (AvgIpc) is 2.01. The molecule has 1 rings (SSSR count). The molecule has 0 amide bonds. The summed E-state index contributed by atoms with van der Waals surface area (Å²) in [6.45, 7) is 7.05. The first-order valence-electron chi connectivity index (χ1n) is 5.39. The standard InChI is InChI=1S/C10H24N4/c1-10(2,12)8-13(3)14-6-4-5-9(11)7-14/h9H,4-8,11-12H2,1-3H3. The summed E-state index contributed by atoms with van der Waals surface area (Å²) in [5.74, 6) is 0. The van der Waals surface area contributed by atoms with Crippen LogP contribution in [0.4, 0.5) is 0 Å². The van der Waals surface area contributed by atoms with Crippen LogP contribution in [0.15, 0.2) is 0 Å². The fourth-order valence-electron chi connectivity index (χ4n) is 1.99. The van der Waals surface area contributed by atoms with Crippen LogP contribution in [0, 0.1) is 0 Å². The maximum atomic E-state index is 5.98. The van der Waals surface area contributed by atoms with E-state index in [1.54, 1.807) is 0 Å². The van der Waals surface area contributed by atoms with Crippen molar-refractivity contribution in [1.82, 2.24) is 10.0 Å². The van der Waals surface area contributed by atoms with Crippen LogP contribution in [0.1, 0.15) is 26.7 Å². The molecule has 14 heavy (non-hydrogen) atoms. The summed E-state index contributed by atoms with van der Waals surface area (Å²) in [4.78, 5) is 0. The lowest BCUT2D eigenvalue weighted by atomic mass is 10.1. The minimum atomic E-state index is -0.143. The smallest absolute Gasteiger partial charge is 0.0305 e. The quantitative estimate of drug-likeness (QED) is 0.673. The molecule has 1 fully saturated rings. The van der Waals surface area contributed by atoms with E-state index in [0.29, 0.717) is 6.04 Å². The van der Waals surface area contributed by atoms with Crippen molar-refractivity contribution in [2.45, 2.75) is 38.3 Å². The molecule has 4 nitrogen and oxygen atoms in total. The van der Waals surface area contributed by atoms with E-state index in [4.69, 9.17) is 11.5 Å². The van der Waals surface area contributed by atoms with Gasteiger partial charge in [0.15, 0.2) is 0 Å². The molecule has 84 valence electrons. The van der Waals surface area contributed by atoms with Crippen molar-refractivity contribution in [1.29, 1.82) is 0 Å². The van der Waals surface area contributed by atoms with Crippen LogP contribution >= 0.6 is 0 Å². The van der Waals surface area contributed by atoms with Gasteiger partial charge < -0.3 is 11.5 Å². The van der Waals surface area contributed by atoms with Crippen LogP contribution in [0.25, 0.3) is 0 Å². The Bertz CT molecular complexity index is 175. The van der Waals surface area contributed by atoms with Gasteiger partial charge in [0.05, 0.1) is 0 Å². The number of likely N-dealkylation sites (N-methyl/N-ethyl adjacent to an activating group) is 1. The van der Waals surface area contributed by atoms with Gasteiger partial charge in [-0.15, -0.1) is 0 Å². The number of piperidine rings is 1. The largest absolute Gasteiger partial charge is 0.326 e. The van der Waals surface area contributed by atoms with Gasteiger partial charge in [-0.3, -0.25) is 0 Å². The highest BCUT2D eigenvalue weighted by Crippen LogP contribution is 2.11. The minimum Gasteiger partial charge on any atom is -0.326 e. The first-order chi connectivity index (χ1) is 6.38. The van der Waals surface area contributed by atoms with Gasteiger partial charge in [-0.25, -0.2) is 10.0 Å². The van der Waals surface area contributed by atoms with Gasteiger partial charge in [-0.2, -0.15) is 0 Å². The van der Waals surface area contributed by atoms with Crippen LogP contribution in [0.2, 0.25) is 0 Å². The van der Waals surface area contributed by atoms with E-state index in [1.807, 2.05) is 13.8 Å². The maximum absolute atomic E-state index is 5.98. The topological polar surface area (TPSA) is 58.5 Å². The van der Waals surface area contributed by atoms with E-state index >= 15 is 0 Å². The molecule has 1 atom stereocenters.